The van der Waals surface area contributed by atoms with Crippen LogP contribution in [-0.2, 0) is 15.0 Å². The van der Waals surface area contributed by atoms with Gasteiger partial charge in [0.15, 0.2) is 0 Å². The molecule has 0 saturated carbocycles. The zero-order chi connectivity index (χ0) is 5.70. The Bertz CT molecular complexity index is 105. The second-order valence-electron chi connectivity index (χ2n) is 0.944. The molecule has 0 aliphatic heterocycles. The van der Waals surface area contributed by atoms with Crippen LogP contribution in [0.2, 0.25) is 0 Å². The van der Waals surface area contributed by atoms with Gasteiger partial charge in [0.2, 0.25) is 0 Å². The summed E-state index contributed by atoms with van der Waals surface area (Å²) < 4.78 is 0.430. The third-order valence-electron chi connectivity index (χ3n) is 0.381. The van der Waals surface area contributed by atoms with Crippen LogP contribution in [0.4, 0.5) is 0 Å². The Morgan fingerprint density at radius 1 is 1.71 bits per heavy atom. The fraction of sp³-hybridized carbons (Fsp3) is 0. The van der Waals surface area contributed by atoms with Crippen LogP contribution in [0.25, 0.3) is 0 Å². The molecule has 0 bridgehead atoms. The van der Waals surface area contributed by atoms with Gasteiger partial charge in [-0.15, -0.1) is 0 Å². The van der Waals surface area contributed by atoms with Gasteiger partial charge >= 0.3 is 50.2 Å². The van der Waals surface area contributed by atoms with E-state index in [0.29, 0.717) is 4.61 Å². The maximum absolute atomic E-state index is 5.09. The van der Waals surface area contributed by atoms with Crippen LogP contribution in [0.1, 0.15) is 0 Å². The van der Waals surface area contributed by atoms with Crippen molar-refractivity contribution in [3.05, 3.63) is 24.8 Å². The molecule has 0 rings (SSSR count). The predicted octanol–water partition coefficient (Wildman–Crippen LogP) is 0.364. The van der Waals surface area contributed by atoms with Gasteiger partial charge in [-0.1, -0.05) is 0 Å². The van der Waals surface area contributed by atoms with E-state index < -0.39 is 0 Å². The van der Waals surface area contributed by atoms with Crippen molar-refractivity contribution in [2.45, 2.75) is 0 Å². The van der Waals surface area contributed by atoms with Gasteiger partial charge in [0.05, 0.1) is 0 Å². The molecule has 0 aromatic carbocycles. The molecule has 0 aliphatic rings. The van der Waals surface area contributed by atoms with E-state index in [1.54, 1.807) is 18.2 Å². The molecule has 0 atom stereocenters. The Morgan fingerprint density at radius 2 is 2.29 bits per heavy atom. The van der Waals surface area contributed by atoms with Gasteiger partial charge in [-0.05, 0) is 0 Å². The van der Waals surface area contributed by atoms with Crippen molar-refractivity contribution in [1.82, 2.24) is 0 Å². The molecule has 2 N–H and O–H groups in total. The zero-order valence-corrected chi connectivity index (χ0v) is 4.82. The van der Waals surface area contributed by atoms with Crippen molar-refractivity contribution in [2.24, 2.45) is 5.73 Å². The van der Waals surface area contributed by atoms with E-state index in [2.05, 4.69) is 21.6 Å². The average Bonchev–Trinajstić information content (AvgIpc) is 1.61. The molecule has 42 valence electrons. The van der Waals surface area contributed by atoms with Crippen LogP contribution < -0.4 is 5.73 Å². The van der Waals surface area contributed by atoms with E-state index in [1.807, 2.05) is 0 Å². The Balaban J connectivity index is 3.46. The first-order chi connectivity index (χ1) is 3.27. The van der Waals surface area contributed by atoms with E-state index in [4.69, 9.17) is 5.73 Å². The summed E-state index contributed by atoms with van der Waals surface area (Å²) in [6.45, 7) is 3.44. The fourth-order valence-corrected chi connectivity index (χ4v) is 0.249. The van der Waals surface area contributed by atoms with Gasteiger partial charge in [0.1, 0.15) is 0 Å². The van der Waals surface area contributed by atoms with Gasteiger partial charge in [-0.2, -0.15) is 0 Å². The summed E-state index contributed by atoms with van der Waals surface area (Å²) in [5, 5.41) is 0. The first-order valence-corrected chi connectivity index (χ1v) is 2.30. The summed E-state index contributed by atoms with van der Waals surface area (Å²) in [7, 11) is 0. The van der Waals surface area contributed by atoms with Crippen LogP contribution in [0.3, 0.4) is 0 Å². The summed E-state index contributed by atoms with van der Waals surface area (Å²) in [6, 6.07) is 0. The second kappa shape index (κ2) is 3.98. The molecule has 0 saturated heterocycles. The molecule has 0 fully saturated rings. The van der Waals surface area contributed by atoms with E-state index in [-0.39, 0.29) is 0 Å². The minimum atomic E-state index is 0.430. The number of allylic oxidation sites excluding steroid dienone is 2. The first-order valence-electron chi connectivity index (χ1n) is 1.81. The van der Waals surface area contributed by atoms with Crippen LogP contribution in [-0.4, -0.2) is 4.61 Å². The fourth-order valence-electron chi connectivity index (χ4n) is 0.154. The van der Waals surface area contributed by atoms with E-state index in [9.17, 15) is 0 Å². The normalized spacial score (nSPS) is 9.57. The molecule has 0 spiro atoms. The number of hydrogen-bond acceptors (Lipinski definition) is 1. The summed E-state index contributed by atoms with van der Waals surface area (Å²) in [4.78, 5) is 0. The monoisotopic (exact) mass is 139 g/mol. The van der Waals surface area contributed by atoms with Crippen LogP contribution in [0.15, 0.2) is 24.8 Å². The zero-order valence-electron chi connectivity index (χ0n) is 3.83. The summed E-state index contributed by atoms with van der Waals surface area (Å²) in [5.74, 6) is 0. The average molecular weight is 140 g/mol. The molecule has 0 heterocycles. The van der Waals surface area contributed by atoms with Crippen LogP contribution >= 0.6 is 0 Å². The number of rotatable bonds is 2. The van der Waals surface area contributed by atoms with Crippen molar-refractivity contribution >= 4 is 4.61 Å². The van der Waals surface area contributed by atoms with Gasteiger partial charge in [-0.25, -0.2) is 0 Å². The van der Waals surface area contributed by atoms with Gasteiger partial charge in [-0.3, -0.25) is 0 Å². The quantitative estimate of drug-likeness (QED) is 0.434. The van der Waals surface area contributed by atoms with Gasteiger partial charge in [0.25, 0.3) is 0 Å². The Morgan fingerprint density at radius 3 is 2.43 bits per heavy atom. The molecule has 0 aliphatic carbocycles. The molecular weight excluding hydrogens is 133 g/mol. The summed E-state index contributed by atoms with van der Waals surface area (Å²) in [6.07, 6.45) is 4.97. The standard InChI is InChI=1S/C5H7N.Ni/c1-2-3-4-5-6;/h2-4H,1,6H2;/b4-3-;. The molecule has 2 heteroatoms. The molecule has 0 aromatic heterocycles. The van der Waals surface area contributed by atoms with E-state index in [0.717, 1.165) is 0 Å². The minimum absolute atomic E-state index is 0.430. The van der Waals surface area contributed by atoms with Crippen LogP contribution in [0.5, 0.6) is 0 Å². The molecular formula is C5H7NNi. The van der Waals surface area contributed by atoms with Crippen molar-refractivity contribution in [3.63, 3.8) is 0 Å². The van der Waals surface area contributed by atoms with Crippen LogP contribution in [0, 0.1) is 0 Å². The number of hydrogen-bond donors (Lipinski definition) is 1. The van der Waals surface area contributed by atoms with Crippen molar-refractivity contribution < 1.29 is 15.0 Å². The predicted molar refractivity (Wildman–Crippen MR) is 28.5 cm³/mol. The molecule has 7 heavy (non-hydrogen) atoms. The van der Waals surface area contributed by atoms with Crippen molar-refractivity contribution in [2.75, 3.05) is 0 Å². The molecule has 0 amide bonds. The Hall–Kier alpha value is -0.196. The Kier molecular flexibility index (Phi) is 3.86. The first kappa shape index (κ1) is 6.80. The van der Waals surface area contributed by atoms with E-state index >= 15 is 0 Å². The summed E-state index contributed by atoms with van der Waals surface area (Å²) in [5.41, 5.74) is 5.09. The second-order valence-corrected chi connectivity index (χ2v) is 1.51. The van der Waals surface area contributed by atoms with Gasteiger partial charge < -0.3 is 0 Å². The summed E-state index contributed by atoms with van der Waals surface area (Å²) >= 11 is 4.24. The third kappa shape index (κ3) is 5.80. The molecule has 0 radical (unpaired) electrons. The third-order valence-corrected chi connectivity index (χ3v) is 0.546. The van der Waals surface area contributed by atoms with Crippen molar-refractivity contribution in [3.8, 4) is 0 Å². The Labute approximate surface area is 50.8 Å². The topological polar surface area (TPSA) is 26.0 Å². The van der Waals surface area contributed by atoms with E-state index in [1.165, 1.54) is 0 Å². The number of nitrogens with two attached hydrogens (primary N) is 1. The maximum atomic E-state index is 5.09. The van der Waals surface area contributed by atoms with Gasteiger partial charge in [0, 0.05) is 0 Å². The molecule has 0 aromatic rings. The SMILES string of the molecule is C=C/C=C\[C](N)=[Ni]. The van der Waals surface area contributed by atoms with Crippen molar-refractivity contribution in [1.29, 1.82) is 0 Å². The molecule has 1 nitrogen and oxygen atoms in total. The molecule has 0 unspecified atom stereocenters.